The topological polar surface area (TPSA) is 138 Å². The average molecular weight is 413 g/mol. The molecule has 3 amide bonds. The summed E-state index contributed by atoms with van der Waals surface area (Å²) in [6.45, 7) is -0.750. The molecule has 1 saturated heterocycles. The summed E-state index contributed by atoms with van der Waals surface area (Å²) in [4.78, 5) is 50.0. The lowest BCUT2D eigenvalue weighted by atomic mass is 10.1. The third-order valence-electron chi connectivity index (χ3n) is 5.05. The van der Waals surface area contributed by atoms with E-state index in [9.17, 15) is 19.2 Å². The number of ether oxygens (including phenoxy) is 1. The second kappa shape index (κ2) is 7.99. The van der Waals surface area contributed by atoms with Gasteiger partial charge in [-0.15, -0.1) is 0 Å². The number of hydrogen-bond acceptors (Lipinski definition) is 6. The highest BCUT2D eigenvalue weighted by atomic mass is 16.5. The summed E-state index contributed by atoms with van der Waals surface area (Å²) in [5.74, 6) is -1.85. The van der Waals surface area contributed by atoms with E-state index in [4.69, 9.17) is 14.3 Å². The van der Waals surface area contributed by atoms with Crippen molar-refractivity contribution in [2.45, 2.75) is 18.5 Å². The number of rotatable bonds is 6. The van der Waals surface area contributed by atoms with Crippen LogP contribution in [0.15, 0.2) is 41.0 Å². The zero-order valence-corrected chi connectivity index (χ0v) is 15.8. The van der Waals surface area contributed by atoms with Gasteiger partial charge in [0.2, 0.25) is 11.8 Å². The fourth-order valence-corrected chi connectivity index (χ4v) is 3.76. The van der Waals surface area contributed by atoms with Crippen LogP contribution in [-0.2, 0) is 19.1 Å². The molecular weight excluding hydrogens is 394 g/mol. The molecule has 2 aromatic rings. The predicted molar refractivity (Wildman–Crippen MR) is 103 cm³/mol. The van der Waals surface area contributed by atoms with Gasteiger partial charge in [0.25, 0.3) is 5.91 Å². The van der Waals surface area contributed by atoms with Crippen LogP contribution in [0.4, 0.5) is 5.69 Å². The van der Waals surface area contributed by atoms with Gasteiger partial charge >= 0.3 is 5.97 Å². The minimum Gasteiger partial charge on any atom is -0.480 e. The smallest absolute Gasteiger partial charge is 0.329 e. The maximum Gasteiger partial charge on any atom is 0.329 e. The van der Waals surface area contributed by atoms with Crippen LogP contribution < -0.4 is 10.6 Å². The van der Waals surface area contributed by atoms with E-state index < -0.39 is 43.1 Å². The number of carboxylic acid groups (broad SMARTS) is 1. The third kappa shape index (κ3) is 3.77. The maximum atomic E-state index is 13.2. The van der Waals surface area contributed by atoms with Crippen molar-refractivity contribution in [2.75, 3.05) is 25.1 Å². The van der Waals surface area contributed by atoms with Gasteiger partial charge in [-0.2, -0.15) is 0 Å². The Balaban J connectivity index is 1.52. The second-order valence-corrected chi connectivity index (χ2v) is 7.02. The van der Waals surface area contributed by atoms with E-state index in [1.54, 1.807) is 30.3 Å². The molecule has 0 bridgehead atoms. The monoisotopic (exact) mass is 413 g/mol. The summed E-state index contributed by atoms with van der Waals surface area (Å²) in [7, 11) is 0. The van der Waals surface area contributed by atoms with Gasteiger partial charge < -0.3 is 29.8 Å². The number of hydrogen-bond donors (Lipinski definition) is 3. The van der Waals surface area contributed by atoms with E-state index in [1.807, 2.05) is 0 Å². The first-order valence-electron chi connectivity index (χ1n) is 9.32. The number of carbonyl (C=O) groups excluding carboxylic acids is 3. The lowest BCUT2D eigenvalue weighted by Gasteiger charge is -2.24. The van der Waals surface area contributed by atoms with Crippen LogP contribution in [0, 0.1) is 0 Å². The molecule has 0 spiro atoms. The number of furan rings is 1. The maximum absolute atomic E-state index is 13.2. The number of benzene rings is 1. The molecule has 3 N–H and O–H groups in total. The Hall–Kier alpha value is -3.66. The fourth-order valence-electron chi connectivity index (χ4n) is 3.76. The van der Waals surface area contributed by atoms with E-state index in [-0.39, 0.29) is 5.91 Å². The van der Waals surface area contributed by atoms with E-state index >= 15 is 0 Å². The van der Waals surface area contributed by atoms with Crippen LogP contribution >= 0.6 is 0 Å². The van der Waals surface area contributed by atoms with E-state index in [2.05, 4.69) is 10.6 Å². The Labute approximate surface area is 170 Å². The Kier molecular flexibility index (Phi) is 5.23. The van der Waals surface area contributed by atoms with Crippen molar-refractivity contribution in [1.82, 2.24) is 10.2 Å². The second-order valence-electron chi connectivity index (χ2n) is 7.02. The molecule has 0 saturated carbocycles. The number of nitrogens with zero attached hydrogens (tertiary/aromatic N) is 1. The molecule has 2 aliphatic rings. The van der Waals surface area contributed by atoms with Crippen LogP contribution in [0.5, 0.6) is 0 Å². The first-order valence-corrected chi connectivity index (χ1v) is 9.32. The first-order chi connectivity index (χ1) is 14.4. The lowest BCUT2D eigenvalue weighted by molar-refractivity contribution is -0.143. The van der Waals surface area contributed by atoms with Gasteiger partial charge in [0.15, 0.2) is 0 Å². The minimum absolute atomic E-state index is 0.294. The van der Waals surface area contributed by atoms with Gasteiger partial charge in [-0.1, -0.05) is 0 Å². The number of carbonyl (C=O) groups is 4. The first kappa shape index (κ1) is 19.6. The number of nitrogens with one attached hydrogen (secondary N) is 2. The fraction of sp³-hybridized carbons (Fsp3) is 0.300. The van der Waals surface area contributed by atoms with Crippen LogP contribution in [-0.4, -0.2) is 65.5 Å². The Morgan fingerprint density at radius 1 is 1.27 bits per heavy atom. The minimum atomic E-state index is -1.18. The SMILES string of the molecule is O=C(O)COCC(=O)NC1CCN2C(=O)c3cc(-c4ccco4)ccc3NC(=O)C12. The molecule has 2 atom stereocenters. The summed E-state index contributed by atoms with van der Waals surface area (Å²) >= 11 is 0. The van der Waals surface area contributed by atoms with E-state index in [0.29, 0.717) is 35.5 Å². The summed E-state index contributed by atoms with van der Waals surface area (Å²) in [6.07, 6.45) is 1.93. The molecular formula is C20H19N3O7. The van der Waals surface area contributed by atoms with Crippen LogP contribution in [0.1, 0.15) is 16.8 Å². The third-order valence-corrected chi connectivity index (χ3v) is 5.05. The zero-order chi connectivity index (χ0) is 21.3. The van der Waals surface area contributed by atoms with Crippen LogP contribution in [0.25, 0.3) is 11.3 Å². The largest absolute Gasteiger partial charge is 0.480 e. The Bertz CT molecular complexity index is 1000. The molecule has 10 heteroatoms. The van der Waals surface area contributed by atoms with Crippen molar-refractivity contribution in [3.05, 3.63) is 42.2 Å². The van der Waals surface area contributed by atoms with Crippen molar-refractivity contribution in [2.24, 2.45) is 0 Å². The summed E-state index contributed by atoms with van der Waals surface area (Å²) in [6, 6.07) is 7.12. The molecule has 3 heterocycles. The van der Waals surface area contributed by atoms with Gasteiger partial charge in [0.1, 0.15) is 25.0 Å². The molecule has 1 aromatic carbocycles. The van der Waals surface area contributed by atoms with Crippen molar-refractivity contribution in [3.63, 3.8) is 0 Å². The molecule has 10 nitrogen and oxygen atoms in total. The van der Waals surface area contributed by atoms with Gasteiger partial charge in [-0.05, 0) is 36.8 Å². The van der Waals surface area contributed by atoms with Crippen molar-refractivity contribution in [3.8, 4) is 11.3 Å². The zero-order valence-electron chi connectivity index (χ0n) is 15.8. The molecule has 2 unspecified atom stereocenters. The van der Waals surface area contributed by atoms with Gasteiger partial charge in [0.05, 0.1) is 23.6 Å². The highest BCUT2D eigenvalue weighted by Crippen LogP contribution is 2.32. The highest BCUT2D eigenvalue weighted by molar-refractivity contribution is 6.11. The van der Waals surface area contributed by atoms with Gasteiger partial charge in [-0.3, -0.25) is 14.4 Å². The summed E-state index contributed by atoms with van der Waals surface area (Å²) in [5.41, 5.74) is 1.44. The quantitative estimate of drug-likeness (QED) is 0.634. The molecule has 2 aliphatic heterocycles. The lowest BCUT2D eigenvalue weighted by Crippen LogP contribution is -2.52. The molecule has 4 rings (SSSR count). The summed E-state index contributed by atoms with van der Waals surface area (Å²) < 4.78 is 10.2. The van der Waals surface area contributed by atoms with Crippen molar-refractivity contribution >= 4 is 29.4 Å². The average Bonchev–Trinajstić information content (AvgIpc) is 3.35. The van der Waals surface area contributed by atoms with E-state index in [0.717, 1.165) is 0 Å². The molecule has 30 heavy (non-hydrogen) atoms. The predicted octanol–water partition coefficient (Wildman–Crippen LogP) is 0.699. The summed E-state index contributed by atoms with van der Waals surface area (Å²) in [5, 5.41) is 14.0. The molecule has 1 fully saturated rings. The standard InChI is InChI=1S/C20H19N3O7/c24-16(9-29-10-17(25)26)21-14-5-6-23-18(14)19(27)22-13-4-3-11(8-12(13)20(23)28)15-2-1-7-30-15/h1-4,7-8,14,18H,5-6,9-10H2,(H,21,24)(H,22,27)(H,25,26). The Morgan fingerprint density at radius 2 is 2.10 bits per heavy atom. The number of aliphatic carboxylic acids is 1. The number of anilines is 1. The van der Waals surface area contributed by atoms with Gasteiger partial charge in [0, 0.05) is 12.1 Å². The van der Waals surface area contributed by atoms with Crippen LogP contribution in [0.3, 0.4) is 0 Å². The Morgan fingerprint density at radius 3 is 2.83 bits per heavy atom. The van der Waals surface area contributed by atoms with Crippen LogP contribution in [0.2, 0.25) is 0 Å². The normalized spacial score (nSPS) is 20.2. The number of amides is 3. The molecule has 0 aliphatic carbocycles. The molecule has 0 radical (unpaired) electrons. The van der Waals surface area contributed by atoms with Gasteiger partial charge in [-0.25, -0.2) is 4.79 Å². The highest BCUT2D eigenvalue weighted by Gasteiger charge is 2.45. The number of fused-ring (bicyclic) bond motifs is 2. The molecule has 1 aromatic heterocycles. The number of carboxylic acids is 1. The van der Waals surface area contributed by atoms with Crippen molar-refractivity contribution < 1.29 is 33.4 Å². The molecule has 156 valence electrons. The van der Waals surface area contributed by atoms with E-state index in [1.165, 1.54) is 11.2 Å². The van der Waals surface area contributed by atoms with Crippen molar-refractivity contribution in [1.29, 1.82) is 0 Å².